The zero-order valence-corrected chi connectivity index (χ0v) is 18.0. The van der Waals surface area contributed by atoms with E-state index in [1.165, 1.54) is 71.2 Å². The second-order valence-electron chi connectivity index (χ2n) is 9.68. The van der Waals surface area contributed by atoms with E-state index in [9.17, 15) is 4.79 Å². The highest BCUT2D eigenvalue weighted by atomic mass is 16.5. The molecule has 0 radical (unpaired) electrons. The average Bonchev–Trinajstić information content (AvgIpc) is 3.44. The van der Waals surface area contributed by atoms with Crippen LogP contribution in [0.4, 0.5) is 5.69 Å². The molecular weight excluding hydrogens is 374 g/mol. The standard InChI is InChI=1S/C25H35N3O2/c26-23-9-8-21(22-11-16-30-25(22)23)24(29)10-5-18-3-6-20(7-4-18)28-14-12-27(13-15-28)17-19-1-2-19/h5,8-10,18-20H,1-4,6-7,11-17,26H2. The molecule has 0 spiro atoms. The summed E-state index contributed by atoms with van der Waals surface area (Å²) in [4.78, 5) is 18.2. The molecule has 0 bridgehead atoms. The Morgan fingerprint density at radius 2 is 1.83 bits per heavy atom. The zero-order valence-electron chi connectivity index (χ0n) is 18.0. The molecule has 1 aromatic rings. The predicted octanol–water partition coefficient (Wildman–Crippen LogP) is 3.53. The summed E-state index contributed by atoms with van der Waals surface area (Å²) in [6.45, 7) is 6.93. The Bertz CT molecular complexity index is 801. The number of hydrogen-bond donors (Lipinski definition) is 1. The van der Waals surface area contributed by atoms with Gasteiger partial charge in [-0.1, -0.05) is 6.08 Å². The number of allylic oxidation sites excluding steroid dienone is 2. The van der Waals surface area contributed by atoms with Gasteiger partial charge in [-0.3, -0.25) is 9.69 Å². The third-order valence-electron chi connectivity index (χ3n) is 7.55. The van der Waals surface area contributed by atoms with Crippen LogP contribution >= 0.6 is 0 Å². The molecule has 30 heavy (non-hydrogen) atoms. The Morgan fingerprint density at radius 1 is 1.07 bits per heavy atom. The zero-order chi connectivity index (χ0) is 20.5. The number of fused-ring (bicyclic) bond motifs is 1. The molecule has 5 rings (SSSR count). The maximum absolute atomic E-state index is 12.8. The molecule has 2 N–H and O–H groups in total. The Kier molecular flexibility index (Phi) is 5.83. The van der Waals surface area contributed by atoms with E-state index in [1.807, 2.05) is 6.07 Å². The SMILES string of the molecule is Nc1ccc(C(=O)C=CC2CCC(N3CCN(CC4CC4)CC3)CC2)c2c1OCC2. The van der Waals surface area contributed by atoms with Crippen LogP contribution < -0.4 is 10.5 Å². The third-order valence-corrected chi connectivity index (χ3v) is 7.55. The number of nitrogens with zero attached hydrogens (tertiary/aromatic N) is 2. The number of anilines is 1. The van der Waals surface area contributed by atoms with Gasteiger partial charge < -0.3 is 15.4 Å². The molecule has 5 heteroatoms. The Morgan fingerprint density at radius 3 is 2.57 bits per heavy atom. The smallest absolute Gasteiger partial charge is 0.185 e. The van der Waals surface area contributed by atoms with Gasteiger partial charge >= 0.3 is 0 Å². The molecule has 0 amide bonds. The number of carbonyl (C=O) groups excluding carboxylic acids is 1. The lowest BCUT2D eigenvalue weighted by molar-refractivity contribution is 0.0721. The van der Waals surface area contributed by atoms with Gasteiger partial charge in [0, 0.05) is 56.3 Å². The van der Waals surface area contributed by atoms with Gasteiger partial charge in [-0.25, -0.2) is 0 Å². The maximum atomic E-state index is 12.8. The lowest BCUT2D eigenvalue weighted by Gasteiger charge is -2.41. The van der Waals surface area contributed by atoms with Crippen molar-refractivity contribution in [1.82, 2.24) is 9.80 Å². The van der Waals surface area contributed by atoms with Crippen molar-refractivity contribution in [2.24, 2.45) is 11.8 Å². The van der Waals surface area contributed by atoms with Crippen LogP contribution in [0.15, 0.2) is 24.3 Å². The first-order valence-corrected chi connectivity index (χ1v) is 11.9. The van der Waals surface area contributed by atoms with Gasteiger partial charge in [0.1, 0.15) is 5.75 Å². The molecule has 5 nitrogen and oxygen atoms in total. The topological polar surface area (TPSA) is 58.8 Å². The number of nitrogen functional groups attached to an aromatic ring is 1. The molecule has 1 aromatic carbocycles. The molecule has 2 heterocycles. The van der Waals surface area contributed by atoms with Crippen molar-refractivity contribution >= 4 is 11.5 Å². The largest absolute Gasteiger partial charge is 0.491 e. The van der Waals surface area contributed by atoms with E-state index < -0.39 is 0 Å². The number of piperazine rings is 1. The highest BCUT2D eigenvalue weighted by molar-refractivity contribution is 6.06. The number of ether oxygens (including phenoxy) is 1. The van der Waals surface area contributed by atoms with Crippen LogP contribution in [-0.2, 0) is 6.42 Å². The second kappa shape index (κ2) is 8.72. The van der Waals surface area contributed by atoms with Gasteiger partial charge in [0.25, 0.3) is 0 Å². The summed E-state index contributed by atoms with van der Waals surface area (Å²) in [7, 11) is 0. The number of rotatable bonds is 6. The molecule has 162 valence electrons. The summed E-state index contributed by atoms with van der Waals surface area (Å²) >= 11 is 0. The summed E-state index contributed by atoms with van der Waals surface area (Å²) in [6.07, 6.45) is 12.5. The van der Waals surface area contributed by atoms with Crippen molar-refractivity contribution in [3.63, 3.8) is 0 Å². The van der Waals surface area contributed by atoms with Crippen LogP contribution in [0.1, 0.15) is 54.4 Å². The fraction of sp³-hybridized carbons (Fsp3) is 0.640. The number of ketones is 1. The second-order valence-corrected chi connectivity index (χ2v) is 9.68. The molecule has 2 saturated carbocycles. The lowest BCUT2D eigenvalue weighted by atomic mass is 9.84. The minimum absolute atomic E-state index is 0.0886. The van der Waals surface area contributed by atoms with Gasteiger partial charge in [0.05, 0.1) is 12.3 Å². The molecule has 3 fully saturated rings. The van der Waals surface area contributed by atoms with Gasteiger partial charge in [-0.15, -0.1) is 0 Å². The lowest BCUT2D eigenvalue weighted by Crippen LogP contribution is -2.51. The normalized spacial score (nSPS) is 27.9. The highest BCUT2D eigenvalue weighted by Crippen LogP contribution is 2.35. The molecule has 0 atom stereocenters. The quantitative estimate of drug-likeness (QED) is 0.442. The average molecular weight is 410 g/mol. The fourth-order valence-electron chi connectivity index (χ4n) is 5.50. The van der Waals surface area contributed by atoms with Crippen molar-refractivity contribution in [2.75, 3.05) is 45.1 Å². The first-order chi connectivity index (χ1) is 14.7. The highest BCUT2D eigenvalue weighted by Gasteiger charge is 2.30. The van der Waals surface area contributed by atoms with Crippen molar-refractivity contribution < 1.29 is 9.53 Å². The van der Waals surface area contributed by atoms with Crippen LogP contribution in [-0.4, -0.2) is 61.0 Å². The van der Waals surface area contributed by atoms with Crippen LogP contribution in [0, 0.1) is 11.8 Å². The molecular formula is C25H35N3O2. The molecule has 4 aliphatic rings. The van der Waals surface area contributed by atoms with Gasteiger partial charge in [-0.2, -0.15) is 0 Å². The van der Waals surface area contributed by atoms with Crippen LogP contribution in [0.2, 0.25) is 0 Å². The van der Waals surface area contributed by atoms with Crippen molar-refractivity contribution in [3.05, 3.63) is 35.4 Å². The van der Waals surface area contributed by atoms with Crippen molar-refractivity contribution in [1.29, 1.82) is 0 Å². The van der Waals surface area contributed by atoms with E-state index in [0.717, 1.165) is 29.5 Å². The summed E-state index contributed by atoms with van der Waals surface area (Å²) in [6, 6.07) is 4.39. The molecule has 1 saturated heterocycles. The van der Waals surface area contributed by atoms with Crippen LogP contribution in [0.3, 0.4) is 0 Å². The summed E-state index contributed by atoms with van der Waals surface area (Å²) < 4.78 is 5.60. The first-order valence-electron chi connectivity index (χ1n) is 11.9. The Hall–Kier alpha value is -1.85. The maximum Gasteiger partial charge on any atom is 0.185 e. The minimum Gasteiger partial charge on any atom is -0.491 e. The van der Waals surface area contributed by atoms with E-state index in [0.29, 0.717) is 24.0 Å². The van der Waals surface area contributed by atoms with Crippen LogP contribution in [0.25, 0.3) is 0 Å². The van der Waals surface area contributed by atoms with E-state index in [2.05, 4.69) is 15.9 Å². The molecule has 0 aromatic heterocycles. The number of nitrogens with two attached hydrogens (primary N) is 1. The van der Waals surface area contributed by atoms with E-state index in [-0.39, 0.29) is 5.78 Å². The van der Waals surface area contributed by atoms with Crippen molar-refractivity contribution in [2.45, 2.75) is 51.0 Å². The van der Waals surface area contributed by atoms with Gasteiger partial charge in [-0.05, 0) is 68.6 Å². The third kappa shape index (κ3) is 4.42. The number of hydrogen-bond acceptors (Lipinski definition) is 5. The monoisotopic (exact) mass is 409 g/mol. The summed E-state index contributed by atoms with van der Waals surface area (Å²) in [5.74, 6) is 2.33. The first kappa shape index (κ1) is 20.1. The minimum atomic E-state index is 0.0886. The van der Waals surface area contributed by atoms with Gasteiger partial charge in [0.2, 0.25) is 0 Å². The van der Waals surface area contributed by atoms with E-state index in [1.54, 1.807) is 12.1 Å². The van der Waals surface area contributed by atoms with Crippen LogP contribution in [0.5, 0.6) is 5.75 Å². The Labute approximate surface area is 180 Å². The molecule has 0 unspecified atom stereocenters. The van der Waals surface area contributed by atoms with Crippen molar-refractivity contribution in [3.8, 4) is 5.75 Å². The van der Waals surface area contributed by atoms with E-state index in [4.69, 9.17) is 10.5 Å². The van der Waals surface area contributed by atoms with Gasteiger partial charge in [0.15, 0.2) is 5.78 Å². The number of benzene rings is 1. The number of carbonyl (C=O) groups is 1. The summed E-state index contributed by atoms with van der Waals surface area (Å²) in [5.41, 5.74) is 8.35. The Balaban J connectivity index is 1.10. The predicted molar refractivity (Wildman–Crippen MR) is 120 cm³/mol. The fourth-order valence-corrected chi connectivity index (χ4v) is 5.50. The molecule has 2 aliphatic carbocycles. The van der Waals surface area contributed by atoms with E-state index >= 15 is 0 Å². The molecule has 2 aliphatic heterocycles. The summed E-state index contributed by atoms with van der Waals surface area (Å²) in [5, 5.41) is 0.